The Labute approximate surface area is 73.6 Å². The molecule has 0 aliphatic rings. The van der Waals surface area contributed by atoms with Crippen LogP contribution >= 0.6 is 0 Å². The standard InChI is InChI=1S/C7H14N2O2S/c1-6(2)12(10,11)9-7(3)4-5-8/h6-7,9H,4H2,1-3H3. The molecule has 0 heterocycles. The molecule has 70 valence electrons. The Morgan fingerprint density at radius 2 is 1.92 bits per heavy atom. The first-order valence-electron chi connectivity index (χ1n) is 3.78. The lowest BCUT2D eigenvalue weighted by Crippen LogP contribution is -2.37. The number of hydrogen-bond acceptors (Lipinski definition) is 3. The van der Waals surface area contributed by atoms with Gasteiger partial charge in [-0.1, -0.05) is 0 Å². The van der Waals surface area contributed by atoms with Crippen molar-refractivity contribution in [1.82, 2.24) is 4.72 Å². The van der Waals surface area contributed by atoms with Gasteiger partial charge < -0.3 is 0 Å². The van der Waals surface area contributed by atoms with E-state index >= 15 is 0 Å². The van der Waals surface area contributed by atoms with Crippen LogP contribution in [0.25, 0.3) is 0 Å². The minimum atomic E-state index is -3.22. The quantitative estimate of drug-likeness (QED) is 0.706. The fraction of sp³-hybridized carbons (Fsp3) is 0.857. The molecular weight excluding hydrogens is 176 g/mol. The van der Waals surface area contributed by atoms with E-state index in [2.05, 4.69) is 4.72 Å². The monoisotopic (exact) mass is 190 g/mol. The Morgan fingerprint density at radius 3 is 2.25 bits per heavy atom. The fourth-order valence-corrected chi connectivity index (χ4v) is 1.51. The number of nitrogens with one attached hydrogen (secondary N) is 1. The van der Waals surface area contributed by atoms with Gasteiger partial charge in [0.2, 0.25) is 10.0 Å². The van der Waals surface area contributed by atoms with Crippen LogP contribution in [-0.4, -0.2) is 19.7 Å². The first-order chi connectivity index (χ1) is 5.40. The minimum Gasteiger partial charge on any atom is -0.212 e. The van der Waals surface area contributed by atoms with Crippen molar-refractivity contribution < 1.29 is 8.42 Å². The van der Waals surface area contributed by atoms with Crippen LogP contribution in [0.1, 0.15) is 27.2 Å². The molecule has 0 aliphatic heterocycles. The summed E-state index contributed by atoms with van der Waals surface area (Å²) in [6, 6.07) is 1.60. The van der Waals surface area contributed by atoms with Crippen LogP contribution in [0.5, 0.6) is 0 Å². The van der Waals surface area contributed by atoms with E-state index < -0.39 is 15.3 Å². The van der Waals surface area contributed by atoms with E-state index in [0.717, 1.165) is 0 Å². The SMILES string of the molecule is CC(CC#N)NS(=O)(=O)C(C)C. The second-order valence-electron chi connectivity index (χ2n) is 2.97. The summed E-state index contributed by atoms with van der Waals surface area (Å²) >= 11 is 0. The van der Waals surface area contributed by atoms with E-state index in [-0.39, 0.29) is 12.5 Å². The van der Waals surface area contributed by atoms with Crippen LogP contribution in [0, 0.1) is 11.3 Å². The van der Waals surface area contributed by atoms with E-state index in [1.807, 2.05) is 6.07 Å². The minimum absolute atomic E-state index is 0.200. The highest BCUT2D eigenvalue weighted by atomic mass is 32.2. The summed E-state index contributed by atoms with van der Waals surface area (Å²) in [5.74, 6) is 0. The molecule has 5 heteroatoms. The molecule has 0 fully saturated rings. The lowest BCUT2D eigenvalue weighted by atomic mass is 10.3. The third-order valence-corrected chi connectivity index (χ3v) is 3.36. The second-order valence-corrected chi connectivity index (χ2v) is 5.24. The molecule has 0 spiro atoms. The third kappa shape index (κ3) is 3.69. The maximum Gasteiger partial charge on any atom is 0.214 e. The zero-order valence-electron chi connectivity index (χ0n) is 7.53. The van der Waals surface area contributed by atoms with E-state index in [1.165, 1.54) is 0 Å². The molecule has 0 rings (SSSR count). The van der Waals surface area contributed by atoms with Crippen molar-refractivity contribution in [3.05, 3.63) is 0 Å². The number of rotatable bonds is 4. The summed E-state index contributed by atoms with van der Waals surface area (Å²) in [5.41, 5.74) is 0. The number of nitrogens with zero attached hydrogens (tertiary/aromatic N) is 1. The van der Waals surface area contributed by atoms with Gasteiger partial charge in [0.1, 0.15) is 0 Å². The predicted octanol–water partition coefficient (Wildman–Crippen LogP) is 0.616. The topological polar surface area (TPSA) is 70.0 Å². The highest BCUT2D eigenvalue weighted by molar-refractivity contribution is 7.90. The Balaban J connectivity index is 4.19. The smallest absolute Gasteiger partial charge is 0.212 e. The summed E-state index contributed by atoms with van der Waals surface area (Å²) in [7, 11) is -3.22. The fourth-order valence-electron chi connectivity index (χ4n) is 0.595. The zero-order valence-corrected chi connectivity index (χ0v) is 8.35. The van der Waals surface area contributed by atoms with Gasteiger partial charge in [0, 0.05) is 6.04 Å². The number of nitriles is 1. The molecule has 0 aliphatic carbocycles. The van der Waals surface area contributed by atoms with E-state index in [0.29, 0.717) is 0 Å². The van der Waals surface area contributed by atoms with Gasteiger partial charge in [0.25, 0.3) is 0 Å². The Kier molecular flexibility index (Phi) is 4.21. The van der Waals surface area contributed by atoms with Crippen LogP contribution < -0.4 is 4.72 Å². The van der Waals surface area contributed by atoms with Crippen molar-refractivity contribution in [3.8, 4) is 6.07 Å². The Bertz CT molecular complexity index is 264. The molecule has 0 saturated carbocycles. The molecule has 4 nitrogen and oxygen atoms in total. The molecule has 1 unspecified atom stereocenters. The number of hydrogen-bond donors (Lipinski definition) is 1. The van der Waals surface area contributed by atoms with Gasteiger partial charge in [-0.2, -0.15) is 5.26 Å². The van der Waals surface area contributed by atoms with Gasteiger partial charge in [0.15, 0.2) is 0 Å². The van der Waals surface area contributed by atoms with E-state index in [1.54, 1.807) is 20.8 Å². The summed E-state index contributed by atoms with van der Waals surface area (Å²) in [6.45, 7) is 4.87. The largest absolute Gasteiger partial charge is 0.214 e. The second kappa shape index (κ2) is 4.43. The molecule has 1 N–H and O–H groups in total. The van der Waals surface area contributed by atoms with Crippen LogP contribution in [0.4, 0.5) is 0 Å². The molecule has 0 aromatic rings. The van der Waals surface area contributed by atoms with Crippen LogP contribution in [0.3, 0.4) is 0 Å². The van der Waals surface area contributed by atoms with Crippen molar-refractivity contribution >= 4 is 10.0 Å². The van der Waals surface area contributed by atoms with Crippen molar-refractivity contribution in [2.24, 2.45) is 0 Å². The number of sulfonamides is 1. The summed E-state index contributed by atoms with van der Waals surface area (Å²) < 4.78 is 24.8. The molecule has 12 heavy (non-hydrogen) atoms. The van der Waals surface area contributed by atoms with Crippen LogP contribution in [0.15, 0.2) is 0 Å². The van der Waals surface area contributed by atoms with Gasteiger partial charge in [-0.05, 0) is 20.8 Å². The molecule has 0 aromatic heterocycles. The molecule has 1 atom stereocenters. The summed E-state index contributed by atoms with van der Waals surface area (Å²) in [4.78, 5) is 0. The highest BCUT2D eigenvalue weighted by Crippen LogP contribution is 1.99. The van der Waals surface area contributed by atoms with Gasteiger partial charge in [0.05, 0.1) is 17.7 Å². The molecule has 0 bridgehead atoms. The normalized spacial score (nSPS) is 14.2. The first kappa shape index (κ1) is 11.4. The predicted molar refractivity (Wildman–Crippen MR) is 46.9 cm³/mol. The highest BCUT2D eigenvalue weighted by Gasteiger charge is 2.17. The maximum absolute atomic E-state index is 11.2. The maximum atomic E-state index is 11.2. The van der Waals surface area contributed by atoms with E-state index in [9.17, 15) is 8.42 Å². The van der Waals surface area contributed by atoms with Gasteiger partial charge >= 0.3 is 0 Å². The van der Waals surface area contributed by atoms with Crippen molar-refractivity contribution in [2.75, 3.05) is 0 Å². The summed E-state index contributed by atoms with van der Waals surface area (Å²) in [6.07, 6.45) is 0.200. The van der Waals surface area contributed by atoms with E-state index in [4.69, 9.17) is 5.26 Å². The summed E-state index contributed by atoms with van der Waals surface area (Å²) in [5, 5.41) is 7.84. The molecule has 0 amide bonds. The lowest BCUT2D eigenvalue weighted by molar-refractivity contribution is 0.554. The van der Waals surface area contributed by atoms with Gasteiger partial charge in [-0.25, -0.2) is 13.1 Å². The molecule has 0 radical (unpaired) electrons. The van der Waals surface area contributed by atoms with Crippen molar-refractivity contribution in [1.29, 1.82) is 5.26 Å². The van der Waals surface area contributed by atoms with Crippen molar-refractivity contribution in [2.45, 2.75) is 38.5 Å². The zero-order chi connectivity index (χ0) is 9.78. The van der Waals surface area contributed by atoms with Crippen LogP contribution in [-0.2, 0) is 10.0 Å². The average Bonchev–Trinajstić information content (AvgIpc) is 1.85. The van der Waals surface area contributed by atoms with Crippen LogP contribution in [0.2, 0.25) is 0 Å². The Morgan fingerprint density at radius 1 is 1.42 bits per heavy atom. The average molecular weight is 190 g/mol. The lowest BCUT2D eigenvalue weighted by Gasteiger charge is -2.13. The van der Waals surface area contributed by atoms with Crippen molar-refractivity contribution in [3.63, 3.8) is 0 Å². The first-order valence-corrected chi connectivity index (χ1v) is 5.33. The third-order valence-electron chi connectivity index (χ3n) is 1.38. The van der Waals surface area contributed by atoms with Gasteiger partial charge in [-0.3, -0.25) is 0 Å². The molecular formula is C7H14N2O2S. The Hall–Kier alpha value is -0.600. The molecule has 0 aromatic carbocycles. The van der Waals surface area contributed by atoms with Gasteiger partial charge in [-0.15, -0.1) is 0 Å². The molecule has 0 saturated heterocycles.